The number of pyridine rings is 1. The van der Waals surface area contributed by atoms with Crippen LogP contribution in [0.25, 0.3) is 22.3 Å². The molecule has 0 aliphatic carbocycles. The summed E-state index contributed by atoms with van der Waals surface area (Å²) in [6, 6.07) is 12.6. The van der Waals surface area contributed by atoms with Crippen molar-refractivity contribution in [2.75, 3.05) is 5.32 Å². The molecule has 0 aliphatic rings. The van der Waals surface area contributed by atoms with E-state index < -0.39 is 23.4 Å². The molecule has 2 aromatic heterocycles. The Balaban J connectivity index is 1.84. The minimum absolute atomic E-state index is 0.0376. The van der Waals surface area contributed by atoms with Gasteiger partial charge in [0, 0.05) is 11.1 Å². The molecule has 0 aliphatic heterocycles. The Morgan fingerprint density at radius 2 is 1.84 bits per heavy atom. The van der Waals surface area contributed by atoms with Crippen LogP contribution < -0.4 is 10.7 Å². The number of esters is 1. The van der Waals surface area contributed by atoms with Gasteiger partial charge >= 0.3 is 5.97 Å². The Labute approximate surface area is 219 Å². The summed E-state index contributed by atoms with van der Waals surface area (Å²) < 4.78 is 26.4. The lowest BCUT2D eigenvalue weighted by Gasteiger charge is -2.22. The number of fused-ring (bicyclic) bond motifs is 1. The summed E-state index contributed by atoms with van der Waals surface area (Å²) >= 11 is 6.08. The molecule has 2 aromatic carbocycles. The molecule has 2 heterocycles. The van der Waals surface area contributed by atoms with Crippen LogP contribution in [0.15, 0.2) is 57.7 Å². The summed E-state index contributed by atoms with van der Waals surface area (Å²) in [5.74, 6) is -0.930. The molecule has 1 N–H and O–H groups in total. The fraction of sp³-hybridized carbons (Fsp3) is 0.276. The second-order valence-electron chi connectivity index (χ2n) is 9.99. The number of carbonyl (C=O) groups is 1. The van der Waals surface area contributed by atoms with Gasteiger partial charge in [-0.05, 0) is 77.4 Å². The molecular formula is C29H28ClFN2O4. The van der Waals surface area contributed by atoms with E-state index in [0.29, 0.717) is 27.8 Å². The van der Waals surface area contributed by atoms with Crippen molar-refractivity contribution in [3.63, 3.8) is 0 Å². The molecule has 0 unspecified atom stereocenters. The molecule has 1 atom stereocenters. The van der Waals surface area contributed by atoms with Gasteiger partial charge in [0.25, 0.3) is 0 Å². The fourth-order valence-corrected chi connectivity index (χ4v) is 4.28. The number of aromatic nitrogens is 1. The first-order valence-electron chi connectivity index (χ1n) is 11.8. The lowest BCUT2D eigenvalue weighted by atomic mass is 9.98. The average Bonchev–Trinajstić information content (AvgIpc) is 2.81. The van der Waals surface area contributed by atoms with E-state index in [1.54, 1.807) is 64.1 Å². The second-order valence-corrected chi connectivity index (χ2v) is 10.4. The zero-order valence-electron chi connectivity index (χ0n) is 21.5. The standard InChI is InChI=1S/C29H28ClFN2O4/c1-15-13-19(17(3)32-22-11-12-23(30)33-24(22)28(35)37-29(4,5)6)27-20(14-15)25(34)16(2)26(36-27)18-9-7-8-10-21(18)31/h7-14,17,32H,1-6H3/t17-/m1/s1. The molecule has 0 fully saturated rings. The smallest absolute Gasteiger partial charge is 0.359 e. The van der Waals surface area contributed by atoms with Crippen LogP contribution in [0.5, 0.6) is 0 Å². The topological polar surface area (TPSA) is 81.4 Å². The Kier molecular flexibility index (Phi) is 7.11. The van der Waals surface area contributed by atoms with Crippen molar-refractivity contribution in [1.29, 1.82) is 0 Å². The van der Waals surface area contributed by atoms with Gasteiger partial charge < -0.3 is 14.5 Å². The Morgan fingerprint density at radius 3 is 2.51 bits per heavy atom. The van der Waals surface area contributed by atoms with E-state index in [4.69, 9.17) is 20.8 Å². The van der Waals surface area contributed by atoms with Gasteiger partial charge in [-0.3, -0.25) is 4.79 Å². The third kappa shape index (κ3) is 5.52. The quantitative estimate of drug-likeness (QED) is 0.217. The average molecular weight is 523 g/mol. The molecule has 4 rings (SSSR count). The van der Waals surface area contributed by atoms with Gasteiger partial charge in [-0.2, -0.15) is 0 Å². The lowest BCUT2D eigenvalue weighted by Crippen LogP contribution is -2.25. The molecule has 192 valence electrons. The first-order valence-corrected chi connectivity index (χ1v) is 12.2. The monoisotopic (exact) mass is 522 g/mol. The first-order chi connectivity index (χ1) is 17.4. The highest BCUT2D eigenvalue weighted by molar-refractivity contribution is 6.29. The maximum Gasteiger partial charge on any atom is 0.359 e. The third-order valence-electron chi connectivity index (χ3n) is 5.80. The van der Waals surface area contributed by atoms with Gasteiger partial charge in [0.1, 0.15) is 27.9 Å². The van der Waals surface area contributed by atoms with Crippen molar-refractivity contribution in [2.24, 2.45) is 0 Å². The highest BCUT2D eigenvalue weighted by Gasteiger charge is 2.25. The number of nitrogens with zero attached hydrogens (tertiary/aromatic N) is 1. The molecule has 37 heavy (non-hydrogen) atoms. The predicted octanol–water partition coefficient (Wildman–Crippen LogP) is 7.39. The first kappa shape index (κ1) is 26.4. The van der Waals surface area contributed by atoms with Gasteiger partial charge in [-0.1, -0.05) is 29.8 Å². The number of rotatable bonds is 5. The number of hydrogen-bond acceptors (Lipinski definition) is 6. The van der Waals surface area contributed by atoms with Crippen molar-refractivity contribution in [3.05, 3.63) is 92.1 Å². The van der Waals surface area contributed by atoms with Crippen LogP contribution in [0.2, 0.25) is 5.15 Å². The summed E-state index contributed by atoms with van der Waals surface area (Å²) in [4.78, 5) is 30.4. The minimum Gasteiger partial charge on any atom is -0.455 e. The zero-order valence-corrected chi connectivity index (χ0v) is 22.3. The van der Waals surface area contributed by atoms with Gasteiger partial charge in [0.15, 0.2) is 11.1 Å². The number of anilines is 1. The maximum atomic E-state index is 14.6. The molecular weight excluding hydrogens is 495 g/mol. The van der Waals surface area contributed by atoms with Crippen LogP contribution in [-0.2, 0) is 4.74 Å². The molecule has 0 radical (unpaired) electrons. The highest BCUT2D eigenvalue weighted by Crippen LogP contribution is 2.33. The van der Waals surface area contributed by atoms with E-state index in [1.165, 1.54) is 6.07 Å². The number of ether oxygens (including phenoxy) is 1. The second kappa shape index (κ2) is 9.98. The van der Waals surface area contributed by atoms with E-state index in [-0.39, 0.29) is 27.6 Å². The largest absolute Gasteiger partial charge is 0.455 e. The molecule has 8 heteroatoms. The van der Waals surface area contributed by atoms with Gasteiger partial charge in [0.05, 0.1) is 22.7 Å². The SMILES string of the molecule is Cc1cc([C@@H](C)Nc2ccc(Cl)nc2C(=O)OC(C)(C)C)c2oc(-c3ccccc3F)c(C)c(=O)c2c1. The number of carbonyl (C=O) groups excluding carboxylic acids is 1. The van der Waals surface area contributed by atoms with E-state index >= 15 is 0 Å². The van der Waals surface area contributed by atoms with Crippen molar-refractivity contribution in [3.8, 4) is 11.3 Å². The number of benzene rings is 2. The Hall–Kier alpha value is -3.71. The van der Waals surface area contributed by atoms with Crippen molar-refractivity contribution >= 4 is 34.2 Å². The normalized spacial score (nSPS) is 12.4. The maximum absolute atomic E-state index is 14.6. The van der Waals surface area contributed by atoms with E-state index in [0.717, 1.165) is 5.56 Å². The van der Waals surface area contributed by atoms with Crippen LogP contribution in [-0.4, -0.2) is 16.6 Å². The van der Waals surface area contributed by atoms with Crippen LogP contribution in [0.1, 0.15) is 60.9 Å². The highest BCUT2D eigenvalue weighted by atomic mass is 35.5. The molecule has 0 amide bonds. The van der Waals surface area contributed by atoms with Crippen LogP contribution in [0.3, 0.4) is 0 Å². The molecule has 0 saturated carbocycles. The Bertz CT molecular complexity index is 1570. The number of aryl methyl sites for hydroxylation is 1. The van der Waals surface area contributed by atoms with Gasteiger partial charge in [-0.25, -0.2) is 14.2 Å². The Morgan fingerprint density at radius 1 is 1.14 bits per heavy atom. The van der Waals surface area contributed by atoms with E-state index in [2.05, 4.69) is 10.3 Å². The minimum atomic E-state index is -0.721. The van der Waals surface area contributed by atoms with Gasteiger partial charge in [-0.15, -0.1) is 0 Å². The van der Waals surface area contributed by atoms with Gasteiger partial charge in [0.2, 0.25) is 0 Å². The van der Waals surface area contributed by atoms with Crippen LogP contribution >= 0.6 is 11.6 Å². The lowest BCUT2D eigenvalue weighted by molar-refractivity contribution is 0.00640. The molecule has 4 aromatic rings. The third-order valence-corrected chi connectivity index (χ3v) is 6.01. The summed E-state index contributed by atoms with van der Waals surface area (Å²) in [6.07, 6.45) is 0. The number of nitrogens with one attached hydrogen (secondary N) is 1. The summed E-state index contributed by atoms with van der Waals surface area (Å²) in [5, 5.41) is 3.83. The summed E-state index contributed by atoms with van der Waals surface area (Å²) in [6.45, 7) is 10.7. The molecule has 0 spiro atoms. The summed E-state index contributed by atoms with van der Waals surface area (Å²) in [7, 11) is 0. The van der Waals surface area contributed by atoms with Crippen molar-refractivity contribution in [2.45, 2.75) is 53.2 Å². The van der Waals surface area contributed by atoms with Crippen molar-refractivity contribution in [1.82, 2.24) is 4.98 Å². The van der Waals surface area contributed by atoms with E-state index in [1.807, 2.05) is 19.9 Å². The zero-order chi connectivity index (χ0) is 27.1. The molecule has 0 bridgehead atoms. The molecule has 0 saturated heterocycles. The molecule has 6 nitrogen and oxygen atoms in total. The summed E-state index contributed by atoms with van der Waals surface area (Å²) in [5.41, 5.74) is 1.86. The van der Waals surface area contributed by atoms with Crippen LogP contribution in [0.4, 0.5) is 10.1 Å². The van der Waals surface area contributed by atoms with Crippen LogP contribution in [0, 0.1) is 19.7 Å². The number of halogens is 2. The fourth-order valence-electron chi connectivity index (χ4n) is 4.14. The predicted molar refractivity (Wildman–Crippen MR) is 144 cm³/mol. The van der Waals surface area contributed by atoms with E-state index in [9.17, 15) is 14.0 Å². The van der Waals surface area contributed by atoms with Crippen molar-refractivity contribution < 1.29 is 18.3 Å². The number of hydrogen-bond donors (Lipinski definition) is 1.